The average Bonchev–Trinajstić information content (AvgIpc) is 2.91. The Morgan fingerprint density at radius 2 is 1.92 bits per heavy atom. The molecule has 1 heterocycles. The number of nitrogens with zero attached hydrogens (tertiary/aromatic N) is 3. The third-order valence-electron chi connectivity index (χ3n) is 3.36. The third-order valence-corrected chi connectivity index (χ3v) is 5.77. The summed E-state index contributed by atoms with van der Waals surface area (Å²) in [5.74, 6) is 0.316. The van der Waals surface area contributed by atoms with Gasteiger partial charge in [0.2, 0.25) is 21.8 Å². The van der Waals surface area contributed by atoms with E-state index in [4.69, 9.17) is 16.0 Å². The van der Waals surface area contributed by atoms with Crippen LogP contribution in [-0.4, -0.2) is 30.0 Å². The van der Waals surface area contributed by atoms with Crippen LogP contribution < -0.4 is 0 Å². The lowest BCUT2D eigenvalue weighted by Crippen LogP contribution is -2.30. The summed E-state index contributed by atoms with van der Waals surface area (Å²) in [6.07, 6.45) is -4.62. The number of hydrogen-bond acceptors (Lipinski definition) is 5. The molecule has 0 aliphatic carbocycles. The molecule has 0 aliphatic rings. The summed E-state index contributed by atoms with van der Waals surface area (Å²) in [5.41, 5.74) is -1.03. The summed E-state index contributed by atoms with van der Waals surface area (Å²) in [6.45, 7) is 3.05. The zero-order valence-corrected chi connectivity index (χ0v) is 14.4. The van der Waals surface area contributed by atoms with Gasteiger partial charge in [0.05, 0.1) is 10.6 Å². The molecule has 11 heteroatoms. The van der Waals surface area contributed by atoms with E-state index in [9.17, 15) is 21.6 Å². The summed E-state index contributed by atoms with van der Waals surface area (Å²) in [6, 6.07) is 1.23. The fraction of sp³-hybridized carbons (Fsp3) is 0.385. The van der Waals surface area contributed by atoms with Crippen molar-refractivity contribution in [3.05, 3.63) is 40.6 Å². The molecule has 0 bridgehead atoms. The lowest BCUT2D eigenvalue weighted by Gasteiger charge is -2.22. The lowest BCUT2D eigenvalue weighted by molar-refractivity contribution is -0.137. The fourth-order valence-electron chi connectivity index (χ4n) is 1.89. The molecular formula is C13H13ClF3N3O3S. The zero-order valence-electron chi connectivity index (χ0n) is 12.8. The van der Waals surface area contributed by atoms with Gasteiger partial charge >= 0.3 is 6.18 Å². The molecule has 1 atom stereocenters. The van der Waals surface area contributed by atoms with Gasteiger partial charge in [0.25, 0.3) is 0 Å². The van der Waals surface area contributed by atoms with Gasteiger partial charge in [-0.3, -0.25) is 0 Å². The second-order valence-corrected chi connectivity index (χ2v) is 7.37. The number of hydrogen-bond donors (Lipinski definition) is 0. The Bertz CT molecular complexity index is 852. The molecule has 0 spiro atoms. The maximum atomic E-state index is 12.7. The molecule has 0 saturated carbocycles. The highest BCUT2D eigenvalue weighted by Gasteiger charge is 2.34. The molecule has 1 aromatic carbocycles. The van der Waals surface area contributed by atoms with Gasteiger partial charge in [-0.1, -0.05) is 11.6 Å². The van der Waals surface area contributed by atoms with Crippen LogP contribution in [0.5, 0.6) is 0 Å². The van der Waals surface area contributed by atoms with Crippen LogP contribution in [0.1, 0.15) is 30.3 Å². The molecule has 24 heavy (non-hydrogen) atoms. The molecule has 0 amide bonds. The monoisotopic (exact) mass is 383 g/mol. The van der Waals surface area contributed by atoms with E-state index in [0.717, 1.165) is 10.4 Å². The van der Waals surface area contributed by atoms with Crippen LogP contribution in [0.4, 0.5) is 13.2 Å². The minimum Gasteiger partial charge on any atom is -0.424 e. The van der Waals surface area contributed by atoms with E-state index < -0.39 is 37.7 Å². The molecular weight excluding hydrogens is 371 g/mol. The normalized spacial score (nSPS) is 14.2. The third kappa shape index (κ3) is 3.55. The standard InChI is InChI=1S/C13H13ClF3N3O3S/c1-7(12-19-18-8(2)23-12)20(3)24(21,22)11-5-4-9(6-10(11)14)13(15,16)17/h4-7H,1-3H3/t7-/m0/s1. The van der Waals surface area contributed by atoms with Crippen LogP contribution >= 0.6 is 11.6 Å². The maximum Gasteiger partial charge on any atom is 0.416 e. The first-order chi connectivity index (χ1) is 10.9. The van der Waals surface area contributed by atoms with Crippen LogP contribution in [0.3, 0.4) is 0 Å². The van der Waals surface area contributed by atoms with Gasteiger partial charge in [-0.25, -0.2) is 8.42 Å². The van der Waals surface area contributed by atoms with Crippen molar-refractivity contribution < 1.29 is 26.0 Å². The lowest BCUT2D eigenvalue weighted by atomic mass is 10.2. The van der Waals surface area contributed by atoms with Gasteiger partial charge in [-0.15, -0.1) is 10.2 Å². The van der Waals surface area contributed by atoms with Crippen molar-refractivity contribution in [2.45, 2.75) is 31.0 Å². The number of aryl methyl sites for hydroxylation is 1. The first-order valence-corrected chi connectivity index (χ1v) is 8.41. The van der Waals surface area contributed by atoms with Gasteiger partial charge in [0.15, 0.2) is 0 Å². The van der Waals surface area contributed by atoms with E-state index in [-0.39, 0.29) is 11.8 Å². The molecule has 1 aromatic heterocycles. The molecule has 0 N–H and O–H groups in total. The zero-order chi connectivity index (χ0) is 18.3. The van der Waals surface area contributed by atoms with Crippen molar-refractivity contribution in [3.63, 3.8) is 0 Å². The maximum absolute atomic E-state index is 12.7. The van der Waals surface area contributed by atoms with Crippen LogP contribution in [0.15, 0.2) is 27.5 Å². The van der Waals surface area contributed by atoms with E-state index >= 15 is 0 Å². The van der Waals surface area contributed by atoms with Gasteiger partial charge in [0.1, 0.15) is 10.9 Å². The van der Waals surface area contributed by atoms with Crippen LogP contribution in [0.2, 0.25) is 5.02 Å². The highest BCUT2D eigenvalue weighted by molar-refractivity contribution is 7.89. The van der Waals surface area contributed by atoms with E-state index in [1.54, 1.807) is 6.92 Å². The molecule has 0 unspecified atom stereocenters. The molecule has 2 rings (SSSR count). The predicted molar refractivity (Wildman–Crippen MR) is 78.9 cm³/mol. The van der Waals surface area contributed by atoms with E-state index in [1.807, 2.05) is 0 Å². The Kier molecular flexibility index (Phi) is 4.93. The molecule has 0 radical (unpaired) electrons. The first kappa shape index (κ1) is 18.7. The summed E-state index contributed by atoms with van der Waals surface area (Å²) < 4.78 is 69.3. The molecule has 2 aromatic rings. The van der Waals surface area contributed by atoms with Gasteiger partial charge in [-0.2, -0.15) is 17.5 Å². The summed E-state index contributed by atoms with van der Waals surface area (Å²) >= 11 is 5.76. The summed E-state index contributed by atoms with van der Waals surface area (Å²) in [5, 5.41) is 6.83. The molecule has 0 aliphatic heterocycles. The van der Waals surface area contributed by atoms with Gasteiger partial charge in [0, 0.05) is 14.0 Å². The SMILES string of the molecule is Cc1nnc([C@H](C)N(C)S(=O)(=O)c2ccc(C(F)(F)F)cc2Cl)o1. The molecule has 132 valence electrons. The number of halogens is 4. The minimum atomic E-state index is -4.62. The number of aromatic nitrogens is 2. The molecule has 6 nitrogen and oxygen atoms in total. The average molecular weight is 384 g/mol. The summed E-state index contributed by atoms with van der Waals surface area (Å²) in [7, 11) is -2.92. The highest BCUT2D eigenvalue weighted by atomic mass is 35.5. The van der Waals surface area contributed by atoms with Crippen LogP contribution in [0, 0.1) is 6.92 Å². The Balaban J connectivity index is 2.39. The van der Waals surface area contributed by atoms with Gasteiger partial charge in [-0.05, 0) is 25.1 Å². The first-order valence-electron chi connectivity index (χ1n) is 6.59. The predicted octanol–water partition coefficient (Wildman–Crippen LogP) is 3.43. The second-order valence-electron chi connectivity index (χ2n) is 5.00. The Morgan fingerprint density at radius 1 is 1.29 bits per heavy atom. The minimum absolute atomic E-state index is 0.0570. The Labute approximate surface area is 141 Å². The molecule has 0 fully saturated rings. The summed E-state index contributed by atoms with van der Waals surface area (Å²) in [4.78, 5) is -0.442. The fourth-order valence-corrected chi connectivity index (χ4v) is 3.72. The van der Waals surface area contributed by atoms with Crippen molar-refractivity contribution in [1.29, 1.82) is 0 Å². The van der Waals surface area contributed by atoms with Crippen molar-refractivity contribution >= 4 is 21.6 Å². The van der Waals surface area contributed by atoms with E-state index in [0.29, 0.717) is 12.1 Å². The number of benzene rings is 1. The molecule has 0 saturated heterocycles. The Hall–Kier alpha value is -1.65. The van der Waals surface area contributed by atoms with Crippen LogP contribution in [0.25, 0.3) is 0 Å². The van der Waals surface area contributed by atoms with Crippen LogP contribution in [-0.2, 0) is 16.2 Å². The van der Waals surface area contributed by atoms with Crippen molar-refractivity contribution in [1.82, 2.24) is 14.5 Å². The van der Waals surface area contributed by atoms with Crippen molar-refractivity contribution in [3.8, 4) is 0 Å². The topological polar surface area (TPSA) is 76.3 Å². The van der Waals surface area contributed by atoms with E-state index in [1.165, 1.54) is 14.0 Å². The second kappa shape index (κ2) is 6.34. The van der Waals surface area contributed by atoms with Gasteiger partial charge < -0.3 is 4.42 Å². The van der Waals surface area contributed by atoms with Crippen molar-refractivity contribution in [2.75, 3.05) is 7.05 Å². The largest absolute Gasteiger partial charge is 0.424 e. The highest BCUT2D eigenvalue weighted by Crippen LogP contribution is 2.35. The van der Waals surface area contributed by atoms with Crippen molar-refractivity contribution in [2.24, 2.45) is 0 Å². The number of sulfonamides is 1. The Morgan fingerprint density at radius 3 is 2.38 bits per heavy atom. The smallest absolute Gasteiger partial charge is 0.416 e. The quantitative estimate of drug-likeness (QED) is 0.808. The van der Waals surface area contributed by atoms with E-state index in [2.05, 4.69) is 10.2 Å². The number of alkyl halides is 3. The number of rotatable bonds is 4.